The maximum absolute atomic E-state index is 5.97. The van der Waals surface area contributed by atoms with Crippen LogP contribution in [0.25, 0.3) is 0 Å². The molecule has 1 fully saturated rings. The van der Waals surface area contributed by atoms with Crippen molar-refractivity contribution >= 4 is 0 Å². The molecule has 2 nitrogen and oxygen atoms in total. The minimum absolute atomic E-state index is 0.446. The molecule has 18 heavy (non-hydrogen) atoms. The van der Waals surface area contributed by atoms with Crippen molar-refractivity contribution < 1.29 is 0 Å². The summed E-state index contributed by atoms with van der Waals surface area (Å²) < 4.78 is 0. The van der Waals surface area contributed by atoms with Crippen molar-refractivity contribution in [2.24, 2.45) is 5.73 Å². The number of likely N-dealkylation sites (N-methyl/N-ethyl adjacent to an activating group) is 1. The molecule has 0 amide bonds. The molecule has 1 aromatic carbocycles. The lowest BCUT2D eigenvalue weighted by Crippen LogP contribution is -2.40. The Bertz CT molecular complexity index is 341. The molecule has 1 saturated carbocycles. The van der Waals surface area contributed by atoms with Gasteiger partial charge in [0.05, 0.1) is 0 Å². The smallest absolute Gasteiger partial charge is 0.00936 e. The Balaban J connectivity index is 1.85. The van der Waals surface area contributed by atoms with Crippen LogP contribution in [0.15, 0.2) is 30.3 Å². The first-order valence-electron chi connectivity index (χ1n) is 7.17. The fourth-order valence-corrected chi connectivity index (χ4v) is 3.01. The molecule has 2 heteroatoms. The number of hydrogen-bond acceptors (Lipinski definition) is 2. The fraction of sp³-hybridized carbons (Fsp3) is 0.625. The van der Waals surface area contributed by atoms with Crippen molar-refractivity contribution in [1.29, 1.82) is 0 Å². The van der Waals surface area contributed by atoms with Crippen LogP contribution < -0.4 is 5.73 Å². The molecule has 1 atom stereocenters. The summed E-state index contributed by atoms with van der Waals surface area (Å²) in [5.74, 6) is 0.604. The number of nitrogens with two attached hydrogens (primary N) is 1. The van der Waals surface area contributed by atoms with Gasteiger partial charge in [-0.15, -0.1) is 0 Å². The zero-order chi connectivity index (χ0) is 13.0. The molecule has 0 spiro atoms. The Labute approximate surface area is 111 Å². The van der Waals surface area contributed by atoms with Crippen LogP contribution in [0.4, 0.5) is 0 Å². The highest BCUT2D eigenvalue weighted by Crippen LogP contribution is 2.24. The largest absolute Gasteiger partial charge is 0.328 e. The molecule has 100 valence electrons. The van der Waals surface area contributed by atoms with Crippen LogP contribution in [0.1, 0.15) is 44.1 Å². The first kappa shape index (κ1) is 13.6. The first-order chi connectivity index (χ1) is 8.66. The molecular formula is C16H26N2. The lowest BCUT2D eigenvalue weighted by atomic mass is 9.90. The molecule has 1 aliphatic carbocycles. The van der Waals surface area contributed by atoms with Gasteiger partial charge in [0.25, 0.3) is 0 Å². The zero-order valence-corrected chi connectivity index (χ0v) is 11.7. The molecule has 1 aromatic rings. The van der Waals surface area contributed by atoms with Crippen LogP contribution >= 0.6 is 0 Å². The van der Waals surface area contributed by atoms with Gasteiger partial charge in [0.2, 0.25) is 0 Å². The normalized spacial score (nSPS) is 26.2. The quantitative estimate of drug-likeness (QED) is 0.885. The summed E-state index contributed by atoms with van der Waals surface area (Å²) in [6.45, 7) is 3.46. The summed E-state index contributed by atoms with van der Waals surface area (Å²) >= 11 is 0. The Morgan fingerprint density at radius 2 is 1.78 bits per heavy atom. The summed E-state index contributed by atoms with van der Waals surface area (Å²) in [6, 6.07) is 12.0. The van der Waals surface area contributed by atoms with Gasteiger partial charge in [0.1, 0.15) is 0 Å². The van der Waals surface area contributed by atoms with Crippen LogP contribution in [0.2, 0.25) is 0 Å². The fourth-order valence-electron chi connectivity index (χ4n) is 3.01. The summed E-state index contributed by atoms with van der Waals surface area (Å²) in [5.41, 5.74) is 7.41. The summed E-state index contributed by atoms with van der Waals surface area (Å²) in [5, 5.41) is 0. The highest BCUT2D eigenvalue weighted by Gasteiger charge is 2.22. The molecule has 2 rings (SSSR count). The van der Waals surface area contributed by atoms with Crippen molar-refractivity contribution in [3.05, 3.63) is 35.9 Å². The molecule has 1 aliphatic rings. The van der Waals surface area contributed by atoms with E-state index in [1.165, 1.54) is 31.2 Å². The minimum atomic E-state index is 0.446. The van der Waals surface area contributed by atoms with Gasteiger partial charge in [0.15, 0.2) is 0 Å². The second-order valence-electron chi connectivity index (χ2n) is 5.82. The van der Waals surface area contributed by atoms with Gasteiger partial charge in [-0.1, -0.05) is 37.3 Å². The highest BCUT2D eigenvalue weighted by atomic mass is 15.1. The molecule has 0 radical (unpaired) electrons. The average molecular weight is 246 g/mol. The van der Waals surface area contributed by atoms with E-state index in [9.17, 15) is 0 Å². The lowest BCUT2D eigenvalue weighted by Gasteiger charge is -2.35. The van der Waals surface area contributed by atoms with E-state index in [1.807, 2.05) is 0 Å². The molecule has 2 N–H and O–H groups in total. The maximum Gasteiger partial charge on any atom is 0.00936 e. The van der Waals surface area contributed by atoms with E-state index in [0.717, 1.165) is 12.6 Å². The number of rotatable bonds is 4. The summed E-state index contributed by atoms with van der Waals surface area (Å²) in [7, 11) is 2.26. The van der Waals surface area contributed by atoms with E-state index in [2.05, 4.69) is 49.2 Å². The SMILES string of the molecule is CC(CN(C)C1CCC(N)CC1)c1ccccc1. The standard InChI is InChI=1S/C16H26N2/c1-13(14-6-4-3-5-7-14)12-18(2)16-10-8-15(17)9-11-16/h3-7,13,15-16H,8-12,17H2,1-2H3. The first-order valence-corrected chi connectivity index (χ1v) is 7.17. The maximum atomic E-state index is 5.97. The zero-order valence-electron chi connectivity index (χ0n) is 11.7. The molecular weight excluding hydrogens is 220 g/mol. The van der Waals surface area contributed by atoms with Gasteiger partial charge < -0.3 is 10.6 Å². The third kappa shape index (κ3) is 3.56. The second kappa shape index (κ2) is 6.35. The van der Waals surface area contributed by atoms with Crippen LogP contribution in [0.3, 0.4) is 0 Å². The monoisotopic (exact) mass is 246 g/mol. The topological polar surface area (TPSA) is 29.3 Å². The Kier molecular flexibility index (Phi) is 4.79. The van der Waals surface area contributed by atoms with Crippen LogP contribution in [-0.2, 0) is 0 Å². The van der Waals surface area contributed by atoms with Crippen molar-refractivity contribution in [1.82, 2.24) is 4.90 Å². The van der Waals surface area contributed by atoms with E-state index in [1.54, 1.807) is 0 Å². The van der Waals surface area contributed by atoms with Gasteiger partial charge >= 0.3 is 0 Å². The van der Waals surface area contributed by atoms with E-state index >= 15 is 0 Å². The molecule has 0 heterocycles. The van der Waals surface area contributed by atoms with Crippen molar-refractivity contribution in [3.8, 4) is 0 Å². The van der Waals surface area contributed by atoms with Gasteiger partial charge in [-0.25, -0.2) is 0 Å². The van der Waals surface area contributed by atoms with Gasteiger partial charge in [-0.05, 0) is 44.2 Å². The Hall–Kier alpha value is -0.860. The van der Waals surface area contributed by atoms with Crippen molar-refractivity contribution in [2.75, 3.05) is 13.6 Å². The third-order valence-corrected chi connectivity index (χ3v) is 4.30. The van der Waals surface area contributed by atoms with Crippen LogP contribution in [0.5, 0.6) is 0 Å². The summed E-state index contributed by atoms with van der Waals surface area (Å²) in [6.07, 6.45) is 4.90. The Morgan fingerprint density at radius 1 is 1.17 bits per heavy atom. The van der Waals surface area contributed by atoms with Gasteiger partial charge in [0, 0.05) is 18.6 Å². The minimum Gasteiger partial charge on any atom is -0.328 e. The molecule has 0 saturated heterocycles. The third-order valence-electron chi connectivity index (χ3n) is 4.30. The number of benzene rings is 1. The molecule has 0 aliphatic heterocycles. The number of nitrogens with zero attached hydrogens (tertiary/aromatic N) is 1. The molecule has 0 bridgehead atoms. The van der Waals surface area contributed by atoms with Crippen LogP contribution in [0, 0.1) is 0 Å². The van der Waals surface area contributed by atoms with E-state index in [4.69, 9.17) is 5.73 Å². The predicted octanol–water partition coefficient (Wildman–Crippen LogP) is 2.99. The van der Waals surface area contributed by atoms with Gasteiger partial charge in [-0.2, -0.15) is 0 Å². The lowest BCUT2D eigenvalue weighted by molar-refractivity contribution is 0.176. The average Bonchev–Trinajstić information content (AvgIpc) is 2.40. The number of hydrogen-bond donors (Lipinski definition) is 1. The van der Waals surface area contributed by atoms with Crippen LogP contribution in [-0.4, -0.2) is 30.6 Å². The van der Waals surface area contributed by atoms with Gasteiger partial charge in [-0.3, -0.25) is 0 Å². The summed E-state index contributed by atoms with van der Waals surface area (Å²) in [4.78, 5) is 2.53. The molecule has 0 aromatic heterocycles. The van der Waals surface area contributed by atoms with Crippen molar-refractivity contribution in [3.63, 3.8) is 0 Å². The molecule has 1 unspecified atom stereocenters. The predicted molar refractivity (Wildman–Crippen MR) is 77.7 cm³/mol. The second-order valence-corrected chi connectivity index (χ2v) is 5.82. The van der Waals surface area contributed by atoms with Crippen molar-refractivity contribution in [2.45, 2.75) is 50.6 Å². The highest BCUT2D eigenvalue weighted by molar-refractivity contribution is 5.19. The van der Waals surface area contributed by atoms with E-state index in [-0.39, 0.29) is 0 Å². The van der Waals surface area contributed by atoms with E-state index < -0.39 is 0 Å². The Morgan fingerprint density at radius 3 is 2.39 bits per heavy atom. The van der Waals surface area contributed by atoms with E-state index in [0.29, 0.717) is 12.0 Å².